The van der Waals surface area contributed by atoms with Gasteiger partial charge in [-0.05, 0) is 26.2 Å². The highest BCUT2D eigenvalue weighted by molar-refractivity contribution is 5.78. The number of guanidine groups is 1. The summed E-state index contributed by atoms with van der Waals surface area (Å²) in [5.41, 5.74) is 5.65. The lowest BCUT2D eigenvalue weighted by Crippen LogP contribution is -2.38. The second-order valence-corrected chi connectivity index (χ2v) is 4.28. The van der Waals surface area contributed by atoms with Crippen molar-refractivity contribution >= 4 is 5.96 Å². The Morgan fingerprint density at radius 1 is 1.36 bits per heavy atom. The van der Waals surface area contributed by atoms with Crippen molar-refractivity contribution < 1.29 is 5.11 Å². The van der Waals surface area contributed by atoms with Gasteiger partial charge in [-0.1, -0.05) is 13.8 Å². The Morgan fingerprint density at radius 3 is 2.29 bits per heavy atom. The summed E-state index contributed by atoms with van der Waals surface area (Å²) in [5, 5.41) is 12.1. The van der Waals surface area contributed by atoms with Crippen LogP contribution in [0.25, 0.3) is 0 Å². The molecule has 0 aromatic carbocycles. The Morgan fingerprint density at radius 2 is 1.93 bits per heavy atom. The summed E-state index contributed by atoms with van der Waals surface area (Å²) < 4.78 is 0. The van der Waals surface area contributed by atoms with Gasteiger partial charge in [0.25, 0.3) is 0 Å². The van der Waals surface area contributed by atoms with Crippen molar-refractivity contribution in [1.29, 1.82) is 0 Å². The van der Waals surface area contributed by atoms with Crippen LogP contribution >= 0.6 is 0 Å². The zero-order valence-corrected chi connectivity index (χ0v) is 9.62. The van der Waals surface area contributed by atoms with Crippen molar-refractivity contribution in [2.45, 2.75) is 46.2 Å². The van der Waals surface area contributed by atoms with Crippen LogP contribution in [0.2, 0.25) is 0 Å². The van der Waals surface area contributed by atoms with E-state index in [9.17, 15) is 0 Å². The first-order chi connectivity index (χ1) is 6.45. The van der Waals surface area contributed by atoms with Gasteiger partial charge in [-0.3, -0.25) is 0 Å². The Labute approximate surface area is 86.6 Å². The molecule has 0 aliphatic rings. The van der Waals surface area contributed by atoms with Crippen LogP contribution in [0.1, 0.15) is 34.1 Å². The SMILES string of the molecule is CC(C)CC(CO)N=C(N)NC(C)C. The Kier molecular flexibility index (Phi) is 6.28. The summed E-state index contributed by atoms with van der Waals surface area (Å²) in [6, 6.07) is 0.193. The fraction of sp³-hybridized carbons (Fsp3) is 0.900. The lowest BCUT2D eigenvalue weighted by atomic mass is 10.1. The molecular formula is C10H23N3O. The van der Waals surface area contributed by atoms with Crippen molar-refractivity contribution in [2.24, 2.45) is 16.6 Å². The largest absolute Gasteiger partial charge is 0.394 e. The van der Waals surface area contributed by atoms with E-state index in [0.29, 0.717) is 11.9 Å². The number of hydrogen-bond donors (Lipinski definition) is 3. The quantitative estimate of drug-likeness (QED) is 0.453. The van der Waals surface area contributed by atoms with Crippen LogP contribution in [0.5, 0.6) is 0 Å². The number of aliphatic imine (C=N–C) groups is 1. The third-order valence-electron chi connectivity index (χ3n) is 1.71. The monoisotopic (exact) mass is 201 g/mol. The smallest absolute Gasteiger partial charge is 0.189 e. The molecule has 0 radical (unpaired) electrons. The van der Waals surface area contributed by atoms with E-state index >= 15 is 0 Å². The molecule has 1 unspecified atom stereocenters. The van der Waals surface area contributed by atoms with Crippen molar-refractivity contribution in [3.05, 3.63) is 0 Å². The van der Waals surface area contributed by atoms with Gasteiger partial charge in [-0.15, -0.1) is 0 Å². The molecule has 0 rings (SSSR count). The molecular weight excluding hydrogens is 178 g/mol. The van der Waals surface area contributed by atoms with Gasteiger partial charge in [-0.2, -0.15) is 0 Å². The number of aliphatic hydroxyl groups is 1. The van der Waals surface area contributed by atoms with Gasteiger partial charge in [0.15, 0.2) is 5.96 Å². The fourth-order valence-electron chi connectivity index (χ4n) is 1.24. The lowest BCUT2D eigenvalue weighted by molar-refractivity contribution is 0.250. The van der Waals surface area contributed by atoms with Crippen LogP contribution in [0, 0.1) is 5.92 Å². The van der Waals surface area contributed by atoms with E-state index in [1.807, 2.05) is 13.8 Å². The zero-order valence-electron chi connectivity index (χ0n) is 9.62. The van der Waals surface area contributed by atoms with Crippen LogP contribution in [-0.2, 0) is 0 Å². The van der Waals surface area contributed by atoms with Crippen molar-refractivity contribution in [3.63, 3.8) is 0 Å². The van der Waals surface area contributed by atoms with Gasteiger partial charge in [0, 0.05) is 6.04 Å². The second-order valence-electron chi connectivity index (χ2n) is 4.28. The van der Waals surface area contributed by atoms with E-state index in [0.717, 1.165) is 6.42 Å². The van der Waals surface area contributed by atoms with Crippen molar-refractivity contribution in [3.8, 4) is 0 Å². The predicted octanol–water partition coefficient (Wildman–Crippen LogP) is 0.706. The normalized spacial score (nSPS) is 14.9. The minimum Gasteiger partial charge on any atom is -0.394 e. The molecule has 0 aliphatic carbocycles. The molecule has 0 saturated carbocycles. The Bertz CT molecular complexity index is 178. The molecule has 4 nitrogen and oxygen atoms in total. The molecule has 0 heterocycles. The van der Waals surface area contributed by atoms with E-state index in [-0.39, 0.29) is 18.7 Å². The van der Waals surface area contributed by atoms with Gasteiger partial charge in [0.05, 0.1) is 12.6 Å². The maximum atomic E-state index is 9.07. The minimum absolute atomic E-state index is 0.0542. The molecule has 0 bridgehead atoms. The van der Waals surface area contributed by atoms with E-state index in [1.165, 1.54) is 0 Å². The second kappa shape index (κ2) is 6.65. The molecule has 0 aliphatic heterocycles. The topological polar surface area (TPSA) is 70.6 Å². The van der Waals surface area contributed by atoms with Crippen LogP contribution in [0.4, 0.5) is 0 Å². The Balaban J connectivity index is 4.12. The highest BCUT2D eigenvalue weighted by Gasteiger charge is 2.08. The van der Waals surface area contributed by atoms with E-state index in [4.69, 9.17) is 10.8 Å². The summed E-state index contributed by atoms with van der Waals surface area (Å²) in [5.74, 6) is 0.933. The van der Waals surface area contributed by atoms with Crippen LogP contribution < -0.4 is 11.1 Å². The van der Waals surface area contributed by atoms with Crippen LogP contribution in [-0.4, -0.2) is 29.8 Å². The number of rotatable bonds is 5. The minimum atomic E-state index is -0.0822. The highest BCUT2D eigenvalue weighted by Crippen LogP contribution is 2.07. The molecule has 84 valence electrons. The van der Waals surface area contributed by atoms with Gasteiger partial charge in [0.2, 0.25) is 0 Å². The number of nitrogens with one attached hydrogen (secondary N) is 1. The average Bonchev–Trinajstić information content (AvgIpc) is 2.00. The summed E-state index contributed by atoms with van der Waals surface area (Å²) in [4.78, 5) is 4.21. The molecule has 0 fully saturated rings. The molecule has 0 aromatic heterocycles. The van der Waals surface area contributed by atoms with Gasteiger partial charge >= 0.3 is 0 Å². The fourth-order valence-corrected chi connectivity index (χ4v) is 1.24. The van der Waals surface area contributed by atoms with E-state index < -0.39 is 0 Å². The molecule has 4 N–H and O–H groups in total. The average molecular weight is 201 g/mol. The number of hydrogen-bond acceptors (Lipinski definition) is 2. The van der Waals surface area contributed by atoms with Gasteiger partial charge < -0.3 is 16.2 Å². The first-order valence-corrected chi connectivity index (χ1v) is 5.16. The maximum Gasteiger partial charge on any atom is 0.189 e. The highest BCUT2D eigenvalue weighted by atomic mass is 16.3. The third-order valence-corrected chi connectivity index (χ3v) is 1.71. The first kappa shape index (κ1) is 13.2. The molecule has 0 aromatic rings. The number of nitrogens with two attached hydrogens (primary N) is 1. The summed E-state index contributed by atoms with van der Waals surface area (Å²) in [7, 11) is 0. The van der Waals surface area contributed by atoms with Crippen molar-refractivity contribution in [2.75, 3.05) is 6.61 Å². The number of aliphatic hydroxyl groups excluding tert-OH is 1. The molecule has 1 atom stereocenters. The Hall–Kier alpha value is -0.770. The predicted molar refractivity (Wildman–Crippen MR) is 60.2 cm³/mol. The summed E-state index contributed by atoms with van der Waals surface area (Å²) >= 11 is 0. The van der Waals surface area contributed by atoms with Crippen molar-refractivity contribution in [1.82, 2.24) is 5.32 Å². The molecule has 0 saturated heterocycles. The van der Waals surface area contributed by atoms with Gasteiger partial charge in [-0.25, -0.2) is 4.99 Å². The first-order valence-electron chi connectivity index (χ1n) is 5.16. The number of nitrogens with zero attached hydrogens (tertiary/aromatic N) is 1. The summed E-state index contributed by atoms with van der Waals surface area (Å²) in [6.07, 6.45) is 0.858. The lowest BCUT2D eigenvalue weighted by Gasteiger charge is -2.15. The third kappa shape index (κ3) is 6.71. The van der Waals surface area contributed by atoms with E-state index in [2.05, 4.69) is 24.2 Å². The van der Waals surface area contributed by atoms with Crippen LogP contribution in [0.15, 0.2) is 4.99 Å². The molecule has 0 amide bonds. The van der Waals surface area contributed by atoms with Gasteiger partial charge in [0.1, 0.15) is 0 Å². The standard InChI is InChI=1S/C10H23N3O/c1-7(2)5-9(6-14)13-10(11)12-8(3)4/h7-9,14H,5-6H2,1-4H3,(H3,11,12,13). The summed E-state index contributed by atoms with van der Waals surface area (Å²) in [6.45, 7) is 8.25. The maximum absolute atomic E-state index is 9.07. The van der Waals surface area contributed by atoms with Crippen LogP contribution in [0.3, 0.4) is 0 Å². The molecule has 4 heteroatoms. The molecule has 0 spiro atoms. The zero-order chi connectivity index (χ0) is 11.1. The van der Waals surface area contributed by atoms with E-state index in [1.54, 1.807) is 0 Å². The molecule has 14 heavy (non-hydrogen) atoms.